The molecule has 1 aromatic carbocycles. The molecule has 0 spiro atoms. The number of benzene rings is 1. The predicted molar refractivity (Wildman–Crippen MR) is 62.7 cm³/mol. The Balaban J connectivity index is 2.59. The monoisotopic (exact) mass is 208 g/mol. The van der Waals surface area contributed by atoms with Gasteiger partial charge in [-0.15, -0.1) is 0 Å². The van der Waals surface area contributed by atoms with E-state index in [1.807, 2.05) is 30.3 Å². The van der Waals surface area contributed by atoms with Gasteiger partial charge in [-0.3, -0.25) is 4.79 Å². The fourth-order valence-corrected chi connectivity index (χ4v) is 2.16. The fourth-order valence-electron chi connectivity index (χ4n) is 1.25. The van der Waals surface area contributed by atoms with Gasteiger partial charge in [0.1, 0.15) is 0 Å². The van der Waals surface area contributed by atoms with Crippen molar-refractivity contribution in [1.29, 1.82) is 0 Å². The Kier molecular flexibility index (Phi) is 4.74. The van der Waals surface area contributed by atoms with Gasteiger partial charge in [0, 0.05) is 10.8 Å². The maximum atomic E-state index is 11.7. The minimum atomic E-state index is 0.194. The molecule has 0 amide bonds. The molecular weight excluding hydrogens is 192 g/mol. The molecule has 0 fully saturated rings. The van der Waals surface area contributed by atoms with Crippen molar-refractivity contribution < 1.29 is 4.79 Å². The first-order valence-corrected chi connectivity index (χ1v) is 5.91. The summed E-state index contributed by atoms with van der Waals surface area (Å²) in [6, 6.07) is 9.48. The maximum absolute atomic E-state index is 11.7. The summed E-state index contributed by atoms with van der Waals surface area (Å²) >= 11 is 1.46. The third-order valence-corrected chi connectivity index (χ3v) is 3.64. The lowest BCUT2D eigenvalue weighted by Gasteiger charge is -2.09. The van der Waals surface area contributed by atoms with Crippen LogP contribution in [0.1, 0.15) is 37.0 Å². The molecule has 0 unspecified atom stereocenters. The third kappa shape index (κ3) is 3.18. The highest BCUT2D eigenvalue weighted by atomic mass is 32.2. The number of rotatable bonds is 4. The van der Waals surface area contributed by atoms with Gasteiger partial charge in [-0.05, 0) is 12.8 Å². The lowest BCUT2D eigenvalue weighted by molar-refractivity contribution is 0.108. The first-order valence-electron chi connectivity index (χ1n) is 5.04. The lowest BCUT2D eigenvalue weighted by atomic mass is 10.2. The van der Waals surface area contributed by atoms with Crippen molar-refractivity contribution in [2.75, 3.05) is 0 Å². The van der Waals surface area contributed by atoms with Gasteiger partial charge in [0.15, 0.2) is 0 Å². The molecule has 0 atom stereocenters. The molecule has 0 aliphatic heterocycles. The van der Waals surface area contributed by atoms with Crippen molar-refractivity contribution in [3.63, 3.8) is 0 Å². The second-order valence-electron chi connectivity index (χ2n) is 3.21. The Morgan fingerprint density at radius 2 is 1.79 bits per heavy atom. The molecule has 76 valence electrons. The SMILES string of the molecule is CCC(CC)SC(=O)c1ccccc1. The fraction of sp³-hybridized carbons (Fsp3) is 0.417. The molecule has 1 nitrogen and oxygen atoms in total. The summed E-state index contributed by atoms with van der Waals surface area (Å²) < 4.78 is 0. The first kappa shape index (κ1) is 11.3. The average Bonchev–Trinajstić information content (AvgIpc) is 2.26. The highest BCUT2D eigenvalue weighted by molar-refractivity contribution is 8.14. The Morgan fingerprint density at radius 1 is 1.21 bits per heavy atom. The van der Waals surface area contributed by atoms with Crippen molar-refractivity contribution >= 4 is 16.9 Å². The van der Waals surface area contributed by atoms with Crippen LogP contribution in [0, 0.1) is 0 Å². The number of carbonyl (C=O) groups excluding carboxylic acids is 1. The summed E-state index contributed by atoms with van der Waals surface area (Å²) in [6.45, 7) is 4.25. The molecule has 1 aromatic rings. The summed E-state index contributed by atoms with van der Waals surface area (Å²) in [4.78, 5) is 11.7. The zero-order chi connectivity index (χ0) is 10.4. The summed E-state index contributed by atoms with van der Waals surface area (Å²) in [7, 11) is 0. The van der Waals surface area contributed by atoms with Crippen molar-refractivity contribution in [2.24, 2.45) is 0 Å². The molecule has 0 aliphatic rings. The quantitative estimate of drug-likeness (QED) is 0.749. The van der Waals surface area contributed by atoms with Gasteiger partial charge in [-0.1, -0.05) is 55.9 Å². The van der Waals surface area contributed by atoms with Crippen LogP contribution < -0.4 is 0 Å². The summed E-state index contributed by atoms with van der Waals surface area (Å²) in [5.74, 6) is 0. The van der Waals surface area contributed by atoms with E-state index in [2.05, 4.69) is 13.8 Å². The Hall–Kier alpha value is -0.760. The van der Waals surface area contributed by atoms with Crippen LogP contribution in [-0.4, -0.2) is 10.4 Å². The van der Waals surface area contributed by atoms with E-state index in [0.717, 1.165) is 18.4 Å². The molecule has 0 saturated heterocycles. The summed E-state index contributed by atoms with van der Waals surface area (Å²) in [5.41, 5.74) is 0.810. The molecule has 0 bridgehead atoms. The Morgan fingerprint density at radius 3 is 2.29 bits per heavy atom. The molecule has 0 N–H and O–H groups in total. The highest BCUT2D eigenvalue weighted by Crippen LogP contribution is 2.22. The van der Waals surface area contributed by atoms with Crippen LogP contribution in [0.3, 0.4) is 0 Å². The second kappa shape index (κ2) is 5.86. The minimum Gasteiger partial charge on any atom is -0.282 e. The molecule has 0 aliphatic carbocycles. The lowest BCUT2D eigenvalue weighted by Crippen LogP contribution is -2.04. The van der Waals surface area contributed by atoms with Crippen LogP contribution in [0.4, 0.5) is 0 Å². The van der Waals surface area contributed by atoms with Gasteiger partial charge in [-0.2, -0.15) is 0 Å². The van der Waals surface area contributed by atoms with E-state index in [9.17, 15) is 4.79 Å². The second-order valence-corrected chi connectivity index (χ2v) is 4.48. The smallest absolute Gasteiger partial charge is 0.219 e. The van der Waals surface area contributed by atoms with E-state index in [4.69, 9.17) is 0 Å². The minimum absolute atomic E-state index is 0.194. The molecule has 0 saturated carbocycles. The van der Waals surface area contributed by atoms with Gasteiger partial charge < -0.3 is 0 Å². The van der Waals surface area contributed by atoms with Crippen LogP contribution in [0.5, 0.6) is 0 Å². The number of carbonyl (C=O) groups is 1. The van der Waals surface area contributed by atoms with Crippen molar-refractivity contribution in [2.45, 2.75) is 31.9 Å². The zero-order valence-corrected chi connectivity index (χ0v) is 9.51. The van der Waals surface area contributed by atoms with Crippen LogP contribution in [-0.2, 0) is 0 Å². The Labute approximate surface area is 89.9 Å². The van der Waals surface area contributed by atoms with Crippen molar-refractivity contribution in [1.82, 2.24) is 0 Å². The van der Waals surface area contributed by atoms with Gasteiger partial charge in [-0.25, -0.2) is 0 Å². The summed E-state index contributed by atoms with van der Waals surface area (Å²) in [5, 5.41) is 0.655. The average molecular weight is 208 g/mol. The van der Waals surface area contributed by atoms with Crippen LogP contribution in [0.2, 0.25) is 0 Å². The molecule has 0 aromatic heterocycles. The van der Waals surface area contributed by atoms with Gasteiger partial charge >= 0.3 is 0 Å². The van der Waals surface area contributed by atoms with Gasteiger partial charge in [0.2, 0.25) is 5.12 Å². The standard InChI is InChI=1S/C12H16OS/c1-3-11(4-2)14-12(13)10-8-6-5-7-9-10/h5-9,11H,3-4H2,1-2H3. The van der Waals surface area contributed by atoms with E-state index in [-0.39, 0.29) is 5.12 Å². The number of hydrogen-bond acceptors (Lipinski definition) is 2. The molecule has 0 radical (unpaired) electrons. The highest BCUT2D eigenvalue weighted by Gasteiger charge is 2.12. The molecule has 14 heavy (non-hydrogen) atoms. The molecule has 0 heterocycles. The third-order valence-electron chi connectivity index (χ3n) is 2.19. The molecular formula is C12H16OS. The van der Waals surface area contributed by atoms with E-state index < -0.39 is 0 Å². The normalized spacial score (nSPS) is 10.5. The van der Waals surface area contributed by atoms with Crippen LogP contribution >= 0.6 is 11.8 Å². The van der Waals surface area contributed by atoms with Gasteiger partial charge in [0.25, 0.3) is 0 Å². The van der Waals surface area contributed by atoms with Crippen LogP contribution in [0.15, 0.2) is 30.3 Å². The summed E-state index contributed by atoms with van der Waals surface area (Å²) in [6.07, 6.45) is 2.11. The Bertz CT molecular complexity index is 278. The van der Waals surface area contributed by atoms with E-state index in [1.54, 1.807) is 0 Å². The van der Waals surface area contributed by atoms with Crippen molar-refractivity contribution in [3.05, 3.63) is 35.9 Å². The maximum Gasteiger partial charge on any atom is 0.219 e. The molecule has 2 heteroatoms. The van der Waals surface area contributed by atoms with E-state index in [1.165, 1.54) is 11.8 Å². The van der Waals surface area contributed by atoms with E-state index >= 15 is 0 Å². The number of thioether (sulfide) groups is 1. The van der Waals surface area contributed by atoms with Gasteiger partial charge in [0.05, 0.1) is 0 Å². The van der Waals surface area contributed by atoms with E-state index in [0.29, 0.717) is 5.25 Å². The first-order chi connectivity index (χ1) is 6.77. The zero-order valence-electron chi connectivity index (χ0n) is 8.69. The van der Waals surface area contributed by atoms with Crippen molar-refractivity contribution in [3.8, 4) is 0 Å². The number of hydrogen-bond donors (Lipinski definition) is 0. The van der Waals surface area contributed by atoms with Crippen LogP contribution in [0.25, 0.3) is 0 Å². The molecule has 1 rings (SSSR count). The largest absolute Gasteiger partial charge is 0.282 e. The predicted octanol–water partition coefficient (Wildman–Crippen LogP) is 3.75. The topological polar surface area (TPSA) is 17.1 Å².